The largest absolute Gasteiger partial charge is 0.377 e. The first kappa shape index (κ1) is 12.2. The van der Waals surface area contributed by atoms with E-state index in [-0.39, 0.29) is 16.8 Å². The highest BCUT2D eigenvalue weighted by Gasteiger charge is 2.26. The van der Waals surface area contributed by atoms with Crippen LogP contribution in [0, 0.1) is 0 Å². The average molecular weight is 310 g/mol. The predicted octanol–water partition coefficient (Wildman–Crippen LogP) is 2.59. The number of fused-ring (bicyclic) bond motifs is 1. The van der Waals surface area contributed by atoms with Crippen molar-refractivity contribution >= 4 is 21.8 Å². The van der Waals surface area contributed by atoms with Crippen LogP contribution in [0.3, 0.4) is 0 Å². The molecule has 0 aromatic heterocycles. The van der Waals surface area contributed by atoms with Crippen molar-refractivity contribution < 1.29 is 9.53 Å². The van der Waals surface area contributed by atoms with Crippen LogP contribution in [0.2, 0.25) is 0 Å². The zero-order valence-corrected chi connectivity index (χ0v) is 11.7. The summed E-state index contributed by atoms with van der Waals surface area (Å²) < 4.78 is 5.69. The van der Waals surface area contributed by atoms with E-state index < -0.39 is 0 Å². The fraction of sp³-hybridized carbons (Fsp3) is 0.500. The Balaban J connectivity index is 1.88. The summed E-state index contributed by atoms with van der Waals surface area (Å²) in [5.41, 5.74) is 3.11. The number of rotatable bonds is 2. The lowest BCUT2D eigenvalue weighted by molar-refractivity contribution is 0.0944. The second-order valence-electron chi connectivity index (χ2n) is 4.88. The Hall–Kier alpha value is -0.870. The summed E-state index contributed by atoms with van der Waals surface area (Å²) in [6.45, 7) is 1.59. The van der Waals surface area contributed by atoms with Gasteiger partial charge in [-0.2, -0.15) is 0 Å². The molecular formula is C14H16BrNO2. The van der Waals surface area contributed by atoms with Crippen LogP contribution in [0.1, 0.15) is 39.2 Å². The number of amides is 1. The van der Waals surface area contributed by atoms with Crippen LogP contribution >= 0.6 is 15.9 Å². The third-order valence-corrected chi connectivity index (χ3v) is 4.79. The summed E-state index contributed by atoms with van der Waals surface area (Å²) in [5.74, 6) is 0.0464. The maximum absolute atomic E-state index is 11.8. The highest BCUT2D eigenvalue weighted by Crippen LogP contribution is 2.35. The topological polar surface area (TPSA) is 38.3 Å². The highest BCUT2D eigenvalue weighted by molar-refractivity contribution is 9.09. The van der Waals surface area contributed by atoms with Gasteiger partial charge in [-0.15, -0.1) is 0 Å². The smallest absolute Gasteiger partial charge is 0.251 e. The van der Waals surface area contributed by atoms with Gasteiger partial charge >= 0.3 is 0 Å². The molecule has 18 heavy (non-hydrogen) atoms. The average Bonchev–Trinajstić information content (AvgIpc) is 2.92. The zero-order chi connectivity index (χ0) is 12.5. The molecule has 1 fully saturated rings. The summed E-state index contributed by atoms with van der Waals surface area (Å²) in [7, 11) is 0. The van der Waals surface area contributed by atoms with Crippen molar-refractivity contribution in [1.82, 2.24) is 5.32 Å². The van der Waals surface area contributed by atoms with Crippen molar-refractivity contribution in [3.8, 4) is 0 Å². The van der Waals surface area contributed by atoms with E-state index in [2.05, 4.69) is 33.4 Å². The lowest BCUT2D eigenvalue weighted by Gasteiger charge is -2.21. The van der Waals surface area contributed by atoms with Crippen LogP contribution in [-0.4, -0.2) is 25.2 Å². The lowest BCUT2D eigenvalue weighted by atomic mass is 9.95. The second kappa shape index (κ2) is 5.02. The number of carbonyl (C=O) groups excluding carboxylic acids is 1. The first-order valence-corrected chi connectivity index (χ1v) is 7.34. The Morgan fingerprint density at radius 1 is 1.44 bits per heavy atom. The van der Waals surface area contributed by atoms with Gasteiger partial charge in [0, 0.05) is 18.7 Å². The molecule has 1 aromatic rings. The second-order valence-corrected chi connectivity index (χ2v) is 5.86. The minimum atomic E-state index is 0.0464. The molecule has 0 saturated carbocycles. The molecule has 96 valence electrons. The van der Waals surface area contributed by atoms with Gasteiger partial charge in [-0.1, -0.05) is 28.1 Å². The Bertz CT molecular complexity index is 469. The molecule has 0 bridgehead atoms. The van der Waals surface area contributed by atoms with E-state index >= 15 is 0 Å². The van der Waals surface area contributed by atoms with Gasteiger partial charge in [-0.25, -0.2) is 0 Å². The van der Waals surface area contributed by atoms with Gasteiger partial charge in [0.15, 0.2) is 0 Å². The molecule has 1 amide bonds. The SMILES string of the molecule is O=C1NCCc2ccc(C(Br)C3CCCO3)cc21. The molecule has 1 N–H and O–H groups in total. The van der Waals surface area contributed by atoms with Crippen molar-refractivity contribution in [1.29, 1.82) is 0 Å². The molecule has 2 heterocycles. The van der Waals surface area contributed by atoms with Gasteiger partial charge in [-0.3, -0.25) is 4.79 Å². The number of halogens is 1. The Labute approximate surface area is 115 Å². The monoisotopic (exact) mass is 309 g/mol. The van der Waals surface area contributed by atoms with Crippen LogP contribution in [-0.2, 0) is 11.2 Å². The molecule has 3 rings (SSSR count). The number of benzene rings is 1. The van der Waals surface area contributed by atoms with E-state index in [0.29, 0.717) is 0 Å². The zero-order valence-electron chi connectivity index (χ0n) is 10.1. The van der Waals surface area contributed by atoms with Gasteiger partial charge in [-0.05, 0) is 36.5 Å². The standard InChI is InChI=1S/C14H16BrNO2/c15-13(12-2-1-7-18-12)10-4-3-9-5-6-16-14(17)11(9)8-10/h3-4,8,12-13H,1-2,5-7H2,(H,16,17). The van der Waals surface area contributed by atoms with E-state index in [0.717, 1.165) is 49.1 Å². The normalized spacial score (nSPS) is 24.5. The van der Waals surface area contributed by atoms with Gasteiger partial charge in [0.1, 0.15) is 0 Å². The van der Waals surface area contributed by atoms with E-state index in [1.165, 1.54) is 0 Å². The minimum Gasteiger partial charge on any atom is -0.377 e. The van der Waals surface area contributed by atoms with Crippen molar-refractivity contribution in [3.63, 3.8) is 0 Å². The Morgan fingerprint density at radius 3 is 3.11 bits per heavy atom. The first-order valence-electron chi connectivity index (χ1n) is 6.42. The van der Waals surface area contributed by atoms with Crippen LogP contribution in [0.5, 0.6) is 0 Å². The molecule has 1 aromatic carbocycles. The van der Waals surface area contributed by atoms with Gasteiger partial charge < -0.3 is 10.1 Å². The summed E-state index contributed by atoms with van der Waals surface area (Å²) >= 11 is 3.70. The number of nitrogens with one attached hydrogen (secondary N) is 1. The van der Waals surface area contributed by atoms with Crippen LogP contribution in [0.25, 0.3) is 0 Å². The highest BCUT2D eigenvalue weighted by atomic mass is 79.9. The van der Waals surface area contributed by atoms with Gasteiger partial charge in [0.25, 0.3) is 5.91 Å². The summed E-state index contributed by atoms with van der Waals surface area (Å²) in [4.78, 5) is 12.0. The Kier molecular flexibility index (Phi) is 3.39. The van der Waals surface area contributed by atoms with Crippen LogP contribution in [0.15, 0.2) is 18.2 Å². The first-order chi connectivity index (χ1) is 8.75. The van der Waals surface area contributed by atoms with Gasteiger partial charge in [0.2, 0.25) is 0 Å². The number of carbonyl (C=O) groups is 1. The van der Waals surface area contributed by atoms with E-state index in [1.807, 2.05) is 6.07 Å². The number of hydrogen-bond donors (Lipinski definition) is 1. The molecule has 4 heteroatoms. The van der Waals surface area contributed by atoms with Crippen molar-refractivity contribution in [3.05, 3.63) is 34.9 Å². The van der Waals surface area contributed by atoms with E-state index in [9.17, 15) is 4.79 Å². The molecular weight excluding hydrogens is 294 g/mol. The number of ether oxygens (including phenoxy) is 1. The molecule has 1 saturated heterocycles. The Morgan fingerprint density at radius 2 is 2.33 bits per heavy atom. The molecule has 0 radical (unpaired) electrons. The fourth-order valence-electron chi connectivity index (χ4n) is 2.65. The molecule has 2 unspecified atom stereocenters. The predicted molar refractivity (Wildman–Crippen MR) is 73.1 cm³/mol. The lowest BCUT2D eigenvalue weighted by Crippen LogP contribution is -2.32. The summed E-state index contributed by atoms with van der Waals surface area (Å²) in [5, 5.41) is 2.89. The third kappa shape index (κ3) is 2.19. The van der Waals surface area contributed by atoms with Crippen molar-refractivity contribution in [2.24, 2.45) is 0 Å². The van der Waals surface area contributed by atoms with Crippen LogP contribution in [0.4, 0.5) is 0 Å². The van der Waals surface area contributed by atoms with Crippen LogP contribution < -0.4 is 5.32 Å². The maximum atomic E-state index is 11.8. The number of alkyl halides is 1. The number of hydrogen-bond acceptors (Lipinski definition) is 2. The molecule has 2 aliphatic heterocycles. The fourth-order valence-corrected chi connectivity index (χ4v) is 3.35. The molecule has 0 spiro atoms. The van der Waals surface area contributed by atoms with Crippen molar-refractivity contribution in [2.45, 2.75) is 30.2 Å². The molecule has 2 aliphatic rings. The van der Waals surface area contributed by atoms with E-state index in [4.69, 9.17) is 4.74 Å². The third-order valence-electron chi connectivity index (χ3n) is 3.67. The molecule has 2 atom stereocenters. The van der Waals surface area contributed by atoms with E-state index in [1.54, 1.807) is 0 Å². The maximum Gasteiger partial charge on any atom is 0.251 e. The quantitative estimate of drug-likeness (QED) is 0.853. The molecule has 3 nitrogen and oxygen atoms in total. The summed E-state index contributed by atoms with van der Waals surface area (Å²) in [6.07, 6.45) is 3.36. The van der Waals surface area contributed by atoms with Gasteiger partial charge in [0.05, 0.1) is 10.9 Å². The molecule has 0 aliphatic carbocycles. The minimum absolute atomic E-state index is 0.0464. The summed E-state index contributed by atoms with van der Waals surface area (Å²) in [6, 6.07) is 6.19. The van der Waals surface area contributed by atoms with Crippen molar-refractivity contribution in [2.75, 3.05) is 13.2 Å².